The molecular weight excluding hydrogens is 292 g/mol. The second-order valence-electron chi connectivity index (χ2n) is 3.64. The van der Waals surface area contributed by atoms with E-state index < -0.39 is 11.6 Å². The van der Waals surface area contributed by atoms with Crippen LogP contribution in [0.2, 0.25) is 0 Å². The van der Waals surface area contributed by atoms with Crippen LogP contribution in [0.1, 0.15) is 19.8 Å². The molecule has 0 radical (unpaired) electrons. The van der Waals surface area contributed by atoms with Crippen molar-refractivity contribution in [2.75, 3.05) is 25.1 Å². The van der Waals surface area contributed by atoms with Gasteiger partial charge in [0, 0.05) is 19.2 Å². The van der Waals surface area contributed by atoms with Crippen LogP contribution in [0.5, 0.6) is 0 Å². The molecule has 1 rings (SSSR count). The number of nitrogens with one attached hydrogen (secondary N) is 1. The molecule has 0 heterocycles. The van der Waals surface area contributed by atoms with Gasteiger partial charge in [-0.25, -0.2) is 8.78 Å². The van der Waals surface area contributed by atoms with Crippen molar-refractivity contribution in [3.63, 3.8) is 0 Å². The maximum absolute atomic E-state index is 13.3. The van der Waals surface area contributed by atoms with E-state index in [0.29, 0.717) is 19.8 Å². The fraction of sp³-hybridized carbons (Fsp3) is 0.500. The molecule has 17 heavy (non-hydrogen) atoms. The molecule has 0 aromatic heterocycles. The van der Waals surface area contributed by atoms with E-state index in [1.807, 2.05) is 0 Å². The number of unbranched alkanes of at least 4 members (excludes halogenated alkanes) is 1. The number of hydrogen-bond donors (Lipinski definition) is 1. The molecule has 1 aromatic carbocycles. The van der Waals surface area contributed by atoms with Crippen molar-refractivity contribution < 1.29 is 13.5 Å². The van der Waals surface area contributed by atoms with Gasteiger partial charge in [-0.05, 0) is 28.4 Å². The van der Waals surface area contributed by atoms with Gasteiger partial charge in [0.1, 0.15) is 11.6 Å². The Kier molecular flexibility index (Phi) is 6.44. The van der Waals surface area contributed by atoms with Gasteiger partial charge in [-0.1, -0.05) is 13.3 Å². The molecule has 0 aliphatic rings. The Morgan fingerprint density at radius 2 is 2.00 bits per heavy atom. The molecule has 0 spiro atoms. The summed E-state index contributed by atoms with van der Waals surface area (Å²) >= 11 is 3.01. The van der Waals surface area contributed by atoms with Gasteiger partial charge in [0.05, 0.1) is 16.8 Å². The van der Waals surface area contributed by atoms with Crippen LogP contribution in [-0.4, -0.2) is 19.8 Å². The predicted octanol–water partition coefficient (Wildman–Crippen LogP) is 3.96. The molecule has 0 aliphatic carbocycles. The maximum Gasteiger partial charge on any atom is 0.149 e. The Labute approximate surface area is 108 Å². The van der Waals surface area contributed by atoms with Gasteiger partial charge in [0.2, 0.25) is 0 Å². The molecule has 0 fully saturated rings. The third kappa shape index (κ3) is 5.00. The summed E-state index contributed by atoms with van der Waals surface area (Å²) in [5.41, 5.74) is 0.275. The van der Waals surface area contributed by atoms with Gasteiger partial charge in [0.25, 0.3) is 0 Å². The second-order valence-corrected chi connectivity index (χ2v) is 4.49. The summed E-state index contributed by atoms with van der Waals surface area (Å²) in [5.74, 6) is -1.20. The lowest BCUT2D eigenvalue weighted by molar-refractivity contribution is 0.141. The van der Waals surface area contributed by atoms with Crippen LogP contribution in [0.25, 0.3) is 0 Å². The zero-order valence-corrected chi connectivity index (χ0v) is 11.3. The molecule has 5 heteroatoms. The van der Waals surface area contributed by atoms with Gasteiger partial charge < -0.3 is 10.1 Å². The molecular formula is C12H16BrF2NO. The third-order valence-electron chi connectivity index (χ3n) is 2.21. The molecule has 2 nitrogen and oxygen atoms in total. The highest BCUT2D eigenvalue weighted by atomic mass is 79.9. The van der Waals surface area contributed by atoms with E-state index >= 15 is 0 Å². The quantitative estimate of drug-likeness (QED) is 0.608. The number of benzene rings is 1. The standard InChI is InChI=1S/C12H16BrF2NO/c1-2-3-5-17-6-4-16-12-7-9(13)10(14)8-11(12)15/h7-8,16H,2-6H2,1H3. The van der Waals surface area contributed by atoms with Gasteiger partial charge in [0.15, 0.2) is 0 Å². The van der Waals surface area contributed by atoms with E-state index in [9.17, 15) is 8.78 Å². The number of hydrogen-bond acceptors (Lipinski definition) is 2. The van der Waals surface area contributed by atoms with Crippen molar-refractivity contribution in [1.29, 1.82) is 0 Å². The van der Waals surface area contributed by atoms with E-state index in [2.05, 4.69) is 28.2 Å². The minimum atomic E-state index is -0.604. The number of ether oxygens (including phenoxy) is 1. The molecule has 0 saturated carbocycles. The summed E-state index contributed by atoms with van der Waals surface area (Å²) in [4.78, 5) is 0. The molecule has 0 aliphatic heterocycles. The molecule has 0 bridgehead atoms. The summed E-state index contributed by atoms with van der Waals surface area (Å²) < 4.78 is 31.8. The second kappa shape index (κ2) is 7.61. The zero-order valence-electron chi connectivity index (χ0n) is 9.73. The van der Waals surface area contributed by atoms with Gasteiger partial charge >= 0.3 is 0 Å². The SMILES string of the molecule is CCCCOCCNc1cc(Br)c(F)cc1F. The highest BCUT2D eigenvalue weighted by Crippen LogP contribution is 2.23. The highest BCUT2D eigenvalue weighted by molar-refractivity contribution is 9.10. The average molecular weight is 308 g/mol. The van der Waals surface area contributed by atoms with E-state index in [4.69, 9.17) is 4.74 Å². The predicted molar refractivity (Wildman–Crippen MR) is 68.3 cm³/mol. The summed E-state index contributed by atoms with van der Waals surface area (Å²) in [6, 6.07) is 2.24. The number of anilines is 1. The highest BCUT2D eigenvalue weighted by Gasteiger charge is 2.07. The zero-order chi connectivity index (χ0) is 12.7. The van der Waals surface area contributed by atoms with E-state index in [1.165, 1.54) is 6.07 Å². The topological polar surface area (TPSA) is 21.3 Å². The van der Waals surface area contributed by atoms with Crippen LogP contribution in [0.15, 0.2) is 16.6 Å². The first-order valence-corrected chi connectivity index (χ1v) is 6.40. The number of rotatable bonds is 7. The minimum absolute atomic E-state index is 0.244. The molecule has 0 amide bonds. The molecule has 1 aromatic rings. The first-order chi connectivity index (χ1) is 8.15. The van der Waals surface area contributed by atoms with Crippen LogP contribution < -0.4 is 5.32 Å². The smallest absolute Gasteiger partial charge is 0.149 e. The summed E-state index contributed by atoms with van der Waals surface area (Å²) in [7, 11) is 0. The van der Waals surface area contributed by atoms with Crippen molar-refractivity contribution in [2.45, 2.75) is 19.8 Å². The lowest BCUT2D eigenvalue weighted by Crippen LogP contribution is -2.11. The van der Waals surface area contributed by atoms with Crippen LogP contribution in [0, 0.1) is 11.6 Å². The Morgan fingerprint density at radius 3 is 2.71 bits per heavy atom. The summed E-state index contributed by atoms with van der Waals surface area (Å²) in [6.45, 7) is 3.81. The first-order valence-electron chi connectivity index (χ1n) is 5.61. The lowest BCUT2D eigenvalue weighted by atomic mass is 10.3. The van der Waals surface area contributed by atoms with Gasteiger partial charge in [-0.3, -0.25) is 0 Å². The summed E-state index contributed by atoms with van der Waals surface area (Å²) in [5, 5.41) is 2.86. The van der Waals surface area contributed by atoms with Crippen molar-refractivity contribution in [1.82, 2.24) is 0 Å². The average Bonchev–Trinajstić information content (AvgIpc) is 2.30. The Balaban J connectivity index is 2.34. The maximum atomic E-state index is 13.3. The van der Waals surface area contributed by atoms with Gasteiger partial charge in [-0.2, -0.15) is 0 Å². The monoisotopic (exact) mass is 307 g/mol. The normalized spacial score (nSPS) is 10.6. The van der Waals surface area contributed by atoms with Crippen molar-refractivity contribution >= 4 is 21.6 Å². The summed E-state index contributed by atoms with van der Waals surface area (Å²) in [6.07, 6.45) is 2.11. The Hall–Kier alpha value is -0.680. The van der Waals surface area contributed by atoms with Crippen LogP contribution in [-0.2, 0) is 4.74 Å². The van der Waals surface area contributed by atoms with Gasteiger partial charge in [-0.15, -0.1) is 0 Å². The molecule has 0 unspecified atom stereocenters. The molecule has 96 valence electrons. The van der Waals surface area contributed by atoms with Crippen molar-refractivity contribution in [2.24, 2.45) is 0 Å². The van der Waals surface area contributed by atoms with Crippen LogP contribution in [0.3, 0.4) is 0 Å². The fourth-order valence-corrected chi connectivity index (χ4v) is 1.61. The minimum Gasteiger partial charge on any atom is -0.380 e. The van der Waals surface area contributed by atoms with Crippen LogP contribution >= 0.6 is 15.9 Å². The third-order valence-corrected chi connectivity index (χ3v) is 2.82. The van der Waals surface area contributed by atoms with Crippen molar-refractivity contribution in [3.8, 4) is 0 Å². The van der Waals surface area contributed by atoms with E-state index in [1.54, 1.807) is 0 Å². The fourth-order valence-electron chi connectivity index (χ4n) is 1.26. The largest absolute Gasteiger partial charge is 0.380 e. The Bertz CT molecular complexity index is 361. The molecule has 0 saturated heterocycles. The first kappa shape index (κ1) is 14.4. The molecule has 0 atom stereocenters. The number of halogens is 3. The van der Waals surface area contributed by atoms with E-state index in [0.717, 1.165) is 18.9 Å². The van der Waals surface area contributed by atoms with E-state index in [-0.39, 0.29) is 10.2 Å². The van der Waals surface area contributed by atoms with Crippen LogP contribution in [0.4, 0.5) is 14.5 Å². The molecule has 1 N–H and O–H groups in total. The van der Waals surface area contributed by atoms with Crippen molar-refractivity contribution in [3.05, 3.63) is 28.2 Å². The lowest BCUT2D eigenvalue weighted by Gasteiger charge is -2.09. The Morgan fingerprint density at radius 1 is 1.24 bits per heavy atom.